The van der Waals surface area contributed by atoms with E-state index >= 15 is 0 Å². The van der Waals surface area contributed by atoms with Gasteiger partial charge in [-0.15, -0.1) is 35.0 Å². The Labute approximate surface area is 130 Å². The summed E-state index contributed by atoms with van der Waals surface area (Å²) in [5.74, 6) is 0.528. The van der Waals surface area contributed by atoms with Crippen LogP contribution in [0.2, 0.25) is 0 Å². The Hall–Kier alpha value is -1.37. The number of hydrogen-bond acceptors (Lipinski definition) is 4. The van der Waals surface area contributed by atoms with E-state index in [1.165, 1.54) is 0 Å². The number of fused-ring (bicyclic) bond motifs is 1. The molecule has 0 aliphatic carbocycles. The maximum absolute atomic E-state index is 11.7. The Balaban J connectivity index is 0.00000180. The molecule has 20 heavy (non-hydrogen) atoms. The number of aromatic nitrogens is 3. The number of nitrogens with zero attached hydrogens (tertiary/aromatic N) is 3. The summed E-state index contributed by atoms with van der Waals surface area (Å²) in [6, 6.07) is 4.94. The number of nitrogens with one attached hydrogen (secondary N) is 1. The third kappa shape index (κ3) is 3.82. The van der Waals surface area contributed by atoms with Gasteiger partial charge in [-0.05, 0) is 25.5 Å². The van der Waals surface area contributed by atoms with Crippen LogP contribution in [0.3, 0.4) is 0 Å². The van der Waals surface area contributed by atoms with Crippen LogP contribution < -0.4 is 11.1 Å². The van der Waals surface area contributed by atoms with Crippen molar-refractivity contribution in [2.24, 2.45) is 5.73 Å². The van der Waals surface area contributed by atoms with E-state index in [1.807, 2.05) is 42.6 Å². The minimum atomic E-state index is -0.480. The Kier molecular flexibility index (Phi) is 7.49. The van der Waals surface area contributed by atoms with E-state index in [2.05, 4.69) is 15.5 Å². The van der Waals surface area contributed by atoms with Gasteiger partial charge in [-0.1, -0.05) is 13.0 Å². The van der Waals surface area contributed by atoms with Gasteiger partial charge in [0.1, 0.15) is 0 Å². The molecule has 0 radical (unpaired) electrons. The highest BCUT2D eigenvalue weighted by Gasteiger charge is 2.18. The Morgan fingerprint density at radius 1 is 1.40 bits per heavy atom. The van der Waals surface area contributed by atoms with Crippen LogP contribution in [-0.2, 0) is 4.79 Å². The minimum Gasteiger partial charge on any atom is -0.345 e. The normalized spacial score (nSPS) is 12.9. The van der Waals surface area contributed by atoms with E-state index in [4.69, 9.17) is 5.73 Å². The molecule has 8 heteroatoms. The summed E-state index contributed by atoms with van der Waals surface area (Å²) >= 11 is 0. The van der Waals surface area contributed by atoms with Gasteiger partial charge in [0.25, 0.3) is 0 Å². The second kappa shape index (κ2) is 8.04. The molecule has 2 aromatic rings. The predicted octanol–water partition coefficient (Wildman–Crippen LogP) is 1.49. The average Bonchev–Trinajstić information content (AvgIpc) is 2.81. The molecule has 0 spiro atoms. The monoisotopic (exact) mass is 319 g/mol. The van der Waals surface area contributed by atoms with Gasteiger partial charge in [0.2, 0.25) is 5.91 Å². The van der Waals surface area contributed by atoms with Crippen molar-refractivity contribution in [3.8, 4) is 0 Å². The van der Waals surface area contributed by atoms with E-state index in [9.17, 15) is 4.79 Å². The molecule has 1 unspecified atom stereocenters. The summed E-state index contributed by atoms with van der Waals surface area (Å²) in [7, 11) is 0. The number of nitrogens with two attached hydrogens (primary N) is 1. The third-order valence-corrected chi connectivity index (χ3v) is 2.86. The number of carbonyl (C=O) groups excluding carboxylic acids is 1. The molecule has 112 valence electrons. The van der Waals surface area contributed by atoms with E-state index in [0.29, 0.717) is 12.2 Å². The highest BCUT2D eigenvalue weighted by Crippen LogP contribution is 2.11. The maximum atomic E-state index is 11.7. The van der Waals surface area contributed by atoms with Gasteiger partial charge in [-0.25, -0.2) is 0 Å². The van der Waals surface area contributed by atoms with Crippen molar-refractivity contribution in [1.29, 1.82) is 0 Å². The minimum absolute atomic E-state index is 0. The van der Waals surface area contributed by atoms with E-state index < -0.39 is 6.04 Å². The zero-order valence-corrected chi connectivity index (χ0v) is 12.9. The molecule has 0 aromatic carbocycles. The second-order valence-electron chi connectivity index (χ2n) is 4.23. The molecule has 6 nitrogen and oxygen atoms in total. The van der Waals surface area contributed by atoms with Gasteiger partial charge in [0.15, 0.2) is 11.5 Å². The van der Waals surface area contributed by atoms with Crippen LogP contribution in [0.4, 0.5) is 0 Å². The van der Waals surface area contributed by atoms with E-state index in [0.717, 1.165) is 5.65 Å². The van der Waals surface area contributed by atoms with Crippen LogP contribution in [0.5, 0.6) is 0 Å². The first-order valence-corrected chi connectivity index (χ1v) is 5.99. The zero-order chi connectivity index (χ0) is 13.1. The summed E-state index contributed by atoms with van der Waals surface area (Å²) in [4.78, 5) is 11.7. The first-order valence-electron chi connectivity index (χ1n) is 5.99. The lowest BCUT2D eigenvalue weighted by Crippen LogP contribution is -2.41. The van der Waals surface area contributed by atoms with E-state index in [1.54, 1.807) is 0 Å². The molecule has 0 aliphatic rings. The molecule has 0 aliphatic heterocycles. The van der Waals surface area contributed by atoms with Gasteiger partial charge in [0.05, 0.1) is 12.1 Å². The quantitative estimate of drug-likeness (QED) is 0.894. The van der Waals surface area contributed by atoms with Crippen LogP contribution in [0.1, 0.15) is 32.1 Å². The fourth-order valence-electron chi connectivity index (χ4n) is 1.73. The molecular weight excluding hydrogens is 301 g/mol. The number of amides is 1. The van der Waals surface area contributed by atoms with Crippen LogP contribution in [0.15, 0.2) is 24.4 Å². The molecule has 2 atom stereocenters. The standard InChI is InChI=1S/C12H17N5O.2ClH/c1-3-9(13)12(18)14-8(2)11-16-15-10-6-4-5-7-17(10)11;;/h4-9H,3,13H2,1-2H3,(H,14,18);2*1H/t8?,9-;;/m0../s1. The predicted molar refractivity (Wildman–Crippen MR) is 82.3 cm³/mol. The van der Waals surface area contributed by atoms with Gasteiger partial charge >= 0.3 is 0 Å². The molecule has 0 saturated heterocycles. The van der Waals surface area contributed by atoms with Gasteiger partial charge < -0.3 is 11.1 Å². The van der Waals surface area contributed by atoms with Crippen molar-refractivity contribution in [2.75, 3.05) is 0 Å². The van der Waals surface area contributed by atoms with Gasteiger partial charge in [-0.3, -0.25) is 9.20 Å². The van der Waals surface area contributed by atoms with Crippen molar-refractivity contribution < 1.29 is 4.79 Å². The summed E-state index contributed by atoms with van der Waals surface area (Å²) in [5.41, 5.74) is 6.43. The molecule has 1 amide bonds. The largest absolute Gasteiger partial charge is 0.345 e. The Bertz CT molecular complexity index is 560. The topological polar surface area (TPSA) is 85.3 Å². The van der Waals surface area contributed by atoms with Crippen LogP contribution in [-0.4, -0.2) is 26.5 Å². The van der Waals surface area contributed by atoms with Crippen molar-refractivity contribution in [3.63, 3.8) is 0 Å². The highest BCUT2D eigenvalue weighted by molar-refractivity contribution is 5.85. The smallest absolute Gasteiger partial charge is 0.237 e. The zero-order valence-electron chi connectivity index (χ0n) is 11.3. The first-order chi connectivity index (χ1) is 8.63. The van der Waals surface area contributed by atoms with Crippen molar-refractivity contribution in [1.82, 2.24) is 19.9 Å². The summed E-state index contributed by atoms with van der Waals surface area (Å²) in [5, 5.41) is 11.0. The molecular formula is C12H19Cl2N5O. The van der Waals surface area contributed by atoms with Crippen LogP contribution in [0, 0.1) is 0 Å². The molecule has 2 heterocycles. The number of hydrogen-bond donors (Lipinski definition) is 2. The lowest BCUT2D eigenvalue weighted by atomic mass is 10.2. The SMILES string of the molecule is CC[C@H](N)C(=O)NC(C)c1nnc2ccccn12.Cl.Cl. The third-order valence-electron chi connectivity index (χ3n) is 2.86. The van der Waals surface area contributed by atoms with Crippen molar-refractivity contribution in [3.05, 3.63) is 30.2 Å². The average molecular weight is 320 g/mol. The molecule has 0 saturated carbocycles. The number of pyridine rings is 1. The van der Waals surface area contributed by atoms with Gasteiger partial charge in [0, 0.05) is 6.20 Å². The summed E-state index contributed by atoms with van der Waals surface area (Å²) in [6.45, 7) is 3.74. The lowest BCUT2D eigenvalue weighted by Gasteiger charge is -2.15. The van der Waals surface area contributed by atoms with Crippen LogP contribution >= 0.6 is 24.8 Å². The molecule has 2 rings (SSSR count). The summed E-state index contributed by atoms with van der Waals surface area (Å²) in [6.07, 6.45) is 2.48. The van der Waals surface area contributed by atoms with Gasteiger partial charge in [-0.2, -0.15) is 0 Å². The first kappa shape index (κ1) is 18.6. The summed E-state index contributed by atoms with van der Waals surface area (Å²) < 4.78 is 1.85. The number of rotatable bonds is 4. The van der Waals surface area contributed by atoms with Crippen LogP contribution in [0.25, 0.3) is 5.65 Å². The highest BCUT2D eigenvalue weighted by atomic mass is 35.5. The fourth-order valence-corrected chi connectivity index (χ4v) is 1.73. The van der Waals surface area contributed by atoms with Crippen molar-refractivity contribution in [2.45, 2.75) is 32.4 Å². The van der Waals surface area contributed by atoms with E-state index in [-0.39, 0.29) is 36.8 Å². The molecule has 0 bridgehead atoms. The number of halogens is 2. The number of carbonyl (C=O) groups is 1. The molecule has 0 fully saturated rings. The molecule has 3 N–H and O–H groups in total. The lowest BCUT2D eigenvalue weighted by molar-refractivity contribution is -0.123. The Morgan fingerprint density at radius 3 is 2.75 bits per heavy atom. The second-order valence-corrected chi connectivity index (χ2v) is 4.23. The molecule has 2 aromatic heterocycles. The maximum Gasteiger partial charge on any atom is 0.237 e. The fraction of sp³-hybridized carbons (Fsp3) is 0.417. The van der Waals surface area contributed by atoms with Crippen molar-refractivity contribution >= 4 is 36.4 Å². The Morgan fingerprint density at radius 2 is 2.10 bits per heavy atom.